The summed E-state index contributed by atoms with van der Waals surface area (Å²) in [5, 5.41) is 11.8. The van der Waals surface area contributed by atoms with Crippen LogP contribution in [0.2, 0.25) is 0 Å². The number of benzene rings is 1. The van der Waals surface area contributed by atoms with Crippen LogP contribution in [0.25, 0.3) is 6.08 Å². The van der Waals surface area contributed by atoms with Crippen LogP contribution in [0, 0.1) is 13.8 Å². The highest BCUT2D eigenvalue weighted by Crippen LogP contribution is 2.38. The van der Waals surface area contributed by atoms with Gasteiger partial charge in [-0.2, -0.15) is 0 Å². The number of hydrogen-bond acceptors (Lipinski definition) is 5. The first-order valence-corrected chi connectivity index (χ1v) is 7.95. The molecule has 0 atom stereocenters. The monoisotopic (exact) mass is 316 g/mol. The minimum atomic E-state index is -0.391. The largest absolute Gasteiger partial charge is 0.511 e. The zero-order valence-electron chi connectivity index (χ0n) is 12.4. The van der Waals surface area contributed by atoms with E-state index < -0.39 is 5.78 Å². The average molecular weight is 316 g/mol. The number of Topliss-reactive ketones (excluding diaryl/α,β-unsaturated/α-hetero) is 2. The standard InChI is InChI=1S/C17H16O4S/c1-9-8-12(10(2)11-6-7-22-21-17(9)11)16(20)15-13(18)4-3-5-14(15)19/h6-8,18H,3-5H2,1-2H3. The van der Waals surface area contributed by atoms with Crippen molar-refractivity contribution in [1.29, 1.82) is 0 Å². The Morgan fingerprint density at radius 3 is 2.82 bits per heavy atom. The number of allylic oxidation sites excluding steroid dienone is 2. The Morgan fingerprint density at radius 1 is 1.32 bits per heavy atom. The SMILES string of the molecule is Cc1cc(C(=O)C2=C(O)CCCC2=O)c(C)c2c1OSC=C2. The van der Waals surface area contributed by atoms with Gasteiger partial charge in [-0.3, -0.25) is 9.59 Å². The summed E-state index contributed by atoms with van der Waals surface area (Å²) < 4.78 is 5.55. The molecule has 0 saturated carbocycles. The van der Waals surface area contributed by atoms with E-state index in [0.717, 1.165) is 22.4 Å². The van der Waals surface area contributed by atoms with Crippen molar-refractivity contribution in [2.24, 2.45) is 0 Å². The molecule has 1 aromatic rings. The van der Waals surface area contributed by atoms with Gasteiger partial charge in [-0.15, -0.1) is 0 Å². The number of rotatable bonds is 2. The van der Waals surface area contributed by atoms with Crippen LogP contribution >= 0.6 is 12.0 Å². The predicted molar refractivity (Wildman–Crippen MR) is 86.0 cm³/mol. The van der Waals surface area contributed by atoms with Gasteiger partial charge in [0.25, 0.3) is 0 Å². The number of fused-ring (bicyclic) bond motifs is 1. The second-order valence-electron chi connectivity index (χ2n) is 5.52. The van der Waals surface area contributed by atoms with Crippen molar-refractivity contribution in [3.63, 3.8) is 0 Å². The molecule has 114 valence electrons. The third-order valence-electron chi connectivity index (χ3n) is 4.05. The molecule has 0 fully saturated rings. The van der Waals surface area contributed by atoms with Gasteiger partial charge in [0.15, 0.2) is 11.6 Å². The summed E-state index contributed by atoms with van der Waals surface area (Å²) in [6, 6.07) is 1.73. The molecule has 2 aliphatic rings. The summed E-state index contributed by atoms with van der Waals surface area (Å²) in [5.41, 5.74) is 2.85. The van der Waals surface area contributed by atoms with Crippen molar-refractivity contribution >= 4 is 29.7 Å². The van der Waals surface area contributed by atoms with E-state index in [9.17, 15) is 14.7 Å². The molecular weight excluding hydrogens is 300 g/mol. The Bertz CT molecular complexity index is 744. The van der Waals surface area contributed by atoms with Gasteiger partial charge >= 0.3 is 0 Å². The summed E-state index contributed by atoms with van der Waals surface area (Å²) in [4.78, 5) is 24.8. The summed E-state index contributed by atoms with van der Waals surface area (Å²) in [6.07, 6.45) is 3.19. The maximum atomic E-state index is 12.8. The molecule has 5 heteroatoms. The van der Waals surface area contributed by atoms with Gasteiger partial charge in [-0.25, -0.2) is 0 Å². The van der Waals surface area contributed by atoms with Crippen molar-refractivity contribution in [2.45, 2.75) is 33.1 Å². The first-order valence-electron chi connectivity index (χ1n) is 7.14. The lowest BCUT2D eigenvalue weighted by Gasteiger charge is -2.20. The van der Waals surface area contributed by atoms with Crippen LogP contribution in [0.4, 0.5) is 0 Å². The van der Waals surface area contributed by atoms with Crippen LogP contribution < -0.4 is 4.18 Å². The molecule has 22 heavy (non-hydrogen) atoms. The number of ketones is 2. The Morgan fingerprint density at radius 2 is 2.09 bits per heavy atom. The van der Waals surface area contributed by atoms with Crippen LogP contribution in [0.1, 0.15) is 46.3 Å². The van der Waals surface area contributed by atoms with Crippen LogP contribution in [0.5, 0.6) is 5.75 Å². The van der Waals surface area contributed by atoms with E-state index in [1.54, 1.807) is 6.07 Å². The fourth-order valence-corrected chi connectivity index (χ4v) is 3.42. The highest BCUT2D eigenvalue weighted by atomic mass is 32.2. The Balaban J connectivity index is 2.14. The van der Waals surface area contributed by atoms with Crippen molar-refractivity contribution in [3.8, 4) is 5.75 Å². The summed E-state index contributed by atoms with van der Waals surface area (Å²) >= 11 is 1.23. The predicted octanol–water partition coefficient (Wildman–Crippen LogP) is 4.06. The zero-order valence-corrected chi connectivity index (χ0v) is 13.3. The molecule has 3 rings (SSSR count). The topological polar surface area (TPSA) is 63.6 Å². The van der Waals surface area contributed by atoms with Gasteiger partial charge in [0.1, 0.15) is 17.1 Å². The molecule has 4 nitrogen and oxygen atoms in total. The van der Waals surface area contributed by atoms with Crippen LogP contribution in [-0.2, 0) is 4.79 Å². The number of carbonyl (C=O) groups is 2. The fourth-order valence-electron chi connectivity index (χ4n) is 2.86. The lowest BCUT2D eigenvalue weighted by atomic mass is 9.87. The maximum Gasteiger partial charge on any atom is 0.200 e. The molecule has 0 bridgehead atoms. The quantitative estimate of drug-likeness (QED) is 0.506. The smallest absolute Gasteiger partial charge is 0.200 e. The number of aryl methyl sites for hydroxylation is 1. The summed E-state index contributed by atoms with van der Waals surface area (Å²) in [7, 11) is 0. The fraction of sp³-hybridized carbons (Fsp3) is 0.294. The van der Waals surface area contributed by atoms with E-state index in [1.165, 1.54) is 12.0 Å². The summed E-state index contributed by atoms with van der Waals surface area (Å²) in [6.45, 7) is 3.70. The van der Waals surface area contributed by atoms with E-state index in [4.69, 9.17) is 4.18 Å². The molecule has 1 aromatic carbocycles. The molecule has 1 N–H and O–H groups in total. The summed E-state index contributed by atoms with van der Waals surface area (Å²) in [5.74, 6) is -0.00353. The minimum absolute atomic E-state index is 0.0521. The zero-order chi connectivity index (χ0) is 15.9. The number of aliphatic hydroxyl groups excluding tert-OH is 1. The lowest BCUT2D eigenvalue weighted by molar-refractivity contribution is -0.116. The van der Waals surface area contributed by atoms with E-state index in [-0.39, 0.29) is 17.1 Å². The Kier molecular flexibility index (Phi) is 3.83. The number of hydrogen-bond donors (Lipinski definition) is 1. The van der Waals surface area contributed by atoms with Crippen molar-refractivity contribution < 1.29 is 18.9 Å². The molecule has 0 aromatic heterocycles. The van der Waals surface area contributed by atoms with E-state index in [0.29, 0.717) is 24.8 Å². The van der Waals surface area contributed by atoms with Crippen molar-refractivity contribution in [1.82, 2.24) is 0 Å². The van der Waals surface area contributed by atoms with Crippen LogP contribution in [0.3, 0.4) is 0 Å². The van der Waals surface area contributed by atoms with Crippen LogP contribution in [-0.4, -0.2) is 16.7 Å². The first-order chi connectivity index (χ1) is 10.5. The first kappa shape index (κ1) is 14.9. The molecule has 1 aliphatic carbocycles. The second-order valence-corrected chi connectivity index (χ2v) is 6.15. The molecule has 0 amide bonds. The molecule has 0 spiro atoms. The minimum Gasteiger partial charge on any atom is -0.511 e. The van der Waals surface area contributed by atoms with Crippen LogP contribution in [0.15, 0.2) is 22.8 Å². The highest BCUT2D eigenvalue weighted by Gasteiger charge is 2.29. The van der Waals surface area contributed by atoms with Crippen molar-refractivity contribution in [2.75, 3.05) is 0 Å². The molecule has 0 unspecified atom stereocenters. The Hall–Kier alpha value is -2.01. The molecule has 1 aliphatic heterocycles. The van der Waals surface area contributed by atoms with Gasteiger partial charge in [0.05, 0.1) is 12.0 Å². The molecule has 0 radical (unpaired) electrons. The maximum absolute atomic E-state index is 12.8. The average Bonchev–Trinajstić information content (AvgIpc) is 2.50. The molecule has 0 saturated heterocycles. The number of aliphatic hydroxyl groups is 1. The van der Waals surface area contributed by atoms with E-state index in [1.807, 2.05) is 25.3 Å². The van der Waals surface area contributed by atoms with Gasteiger partial charge in [0, 0.05) is 29.4 Å². The van der Waals surface area contributed by atoms with Gasteiger partial charge in [0.2, 0.25) is 0 Å². The Labute approximate surface area is 133 Å². The molecule has 1 heterocycles. The second kappa shape index (κ2) is 5.65. The van der Waals surface area contributed by atoms with Gasteiger partial charge in [-0.05, 0) is 43.5 Å². The third-order valence-corrected chi connectivity index (χ3v) is 4.56. The van der Waals surface area contributed by atoms with Gasteiger partial charge in [-0.1, -0.05) is 0 Å². The normalized spacial score (nSPS) is 17.3. The highest BCUT2D eigenvalue weighted by molar-refractivity contribution is 7.98. The van der Waals surface area contributed by atoms with E-state index >= 15 is 0 Å². The van der Waals surface area contributed by atoms with Crippen molar-refractivity contribution in [3.05, 3.63) is 45.1 Å². The third kappa shape index (κ3) is 2.35. The number of carbonyl (C=O) groups excluding carboxylic acids is 2. The lowest BCUT2D eigenvalue weighted by Crippen LogP contribution is -2.20. The van der Waals surface area contributed by atoms with Gasteiger partial charge < -0.3 is 9.29 Å². The van der Waals surface area contributed by atoms with E-state index in [2.05, 4.69) is 0 Å². The molecular formula is C17H16O4S.